The average Bonchev–Trinajstić information content (AvgIpc) is 3.24. The van der Waals surface area contributed by atoms with Gasteiger partial charge in [-0.15, -0.1) is 0 Å². The van der Waals surface area contributed by atoms with Crippen molar-refractivity contribution in [2.45, 2.75) is 25.9 Å². The van der Waals surface area contributed by atoms with Gasteiger partial charge in [-0.1, -0.05) is 25.1 Å². The summed E-state index contributed by atoms with van der Waals surface area (Å²) >= 11 is 0. The maximum Gasteiger partial charge on any atom is 0.224 e. The van der Waals surface area contributed by atoms with Crippen LogP contribution in [0.25, 0.3) is 10.9 Å². The monoisotopic (exact) mass is 341 g/mol. The number of carbonyl (C=O) groups excluding carboxylic acids is 1. The highest BCUT2D eigenvalue weighted by molar-refractivity contribution is 5.80. The number of hydrogen-bond donors (Lipinski definition) is 0. The van der Waals surface area contributed by atoms with E-state index >= 15 is 0 Å². The summed E-state index contributed by atoms with van der Waals surface area (Å²) in [6, 6.07) is 10.9. The SMILES string of the molecule is C[C@H]1CN(C(=O)CCn2ccc3ccccc32)C[C@H]1N1CCOCC1. The molecule has 0 aliphatic carbocycles. The number of benzene rings is 1. The van der Waals surface area contributed by atoms with Gasteiger partial charge in [0.15, 0.2) is 0 Å². The quantitative estimate of drug-likeness (QED) is 0.856. The van der Waals surface area contributed by atoms with E-state index in [0.29, 0.717) is 18.4 Å². The van der Waals surface area contributed by atoms with Crippen LogP contribution in [0.4, 0.5) is 0 Å². The van der Waals surface area contributed by atoms with Crippen LogP contribution in [0, 0.1) is 5.92 Å². The van der Waals surface area contributed by atoms with E-state index in [1.54, 1.807) is 0 Å². The van der Waals surface area contributed by atoms with Gasteiger partial charge in [-0.05, 0) is 23.4 Å². The highest BCUT2D eigenvalue weighted by atomic mass is 16.5. The molecule has 0 radical (unpaired) electrons. The Morgan fingerprint density at radius 2 is 1.96 bits per heavy atom. The lowest BCUT2D eigenvalue weighted by Gasteiger charge is -2.34. The Morgan fingerprint density at radius 3 is 2.80 bits per heavy atom. The first-order valence-electron chi connectivity index (χ1n) is 9.36. The number of likely N-dealkylation sites (tertiary alicyclic amines) is 1. The first-order valence-corrected chi connectivity index (χ1v) is 9.36. The fraction of sp³-hybridized carbons (Fsp3) is 0.550. The maximum atomic E-state index is 12.7. The van der Waals surface area contributed by atoms with Gasteiger partial charge in [-0.2, -0.15) is 0 Å². The minimum absolute atomic E-state index is 0.278. The Morgan fingerprint density at radius 1 is 1.16 bits per heavy atom. The summed E-state index contributed by atoms with van der Waals surface area (Å²) in [5, 5.41) is 1.23. The van der Waals surface area contributed by atoms with Crippen molar-refractivity contribution in [3.8, 4) is 0 Å². The summed E-state index contributed by atoms with van der Waals surface area (Å²) in [6.45, 7) is 8.39. The average molecular weight is 341 g/mol. The molecule has 4 rings (SSSR count). The second kappa shape index (κ2) is 7.18. The van der Waals surface area contributed by atoms with Gasteiger partial charge in [-0.25, -0.2) is 0 Å². The number of para-hydroxylation sites is 1. The van der Waals surface area contributed by atoms with Crippen LogP contribution in [0.15, 0.2) is 36.5 Å². The zero-order valence-electron chi connectivity index (χ0n) is 14.9. The number of nitrogens with zero attached hydrogens (tertiary/aromatic N) is 3. The molecule has 25 heavy (non-hydrogen) atoms. The largest absolute Gasteiger partial charge is 0.379 e. The second-order valence-corrected chi connectivity index (χ2v) is 7.31. The molecule has 1 aromatic carbocycles. The van der Waals surface area contributed by atoms with Crippen LogP contribution >= 0.6 is 0 Å². The van der Waals surface area contributed by atoms with E-state index in [1.165, 1.54) is 10.9 Å². The molecule has 134 valence electrons. The number of amides is 1. The molecule has 2 aromatic rings. The van der Waals surface area contributed by atoms with Gasteiger partial charge in [0.25, 0.3) is 0 Å². The third-order valence-electron chi connectivity index (χ3n) is 5.69. The molecule has 2 saturated heterocycles. The molecule has 0 unspecified atom stereocenters. The Kier molecular flexibility index (Phi) is 4.77. The van der Waals surface area contributed by atoms with Crippen LogP contribution in [-0.2, 0) is 16.1 Å². The molecule has 2 fully saturated rings. The molecule has 2 atom stereocenters. The summed E-state index contributed by atoms with van der Waals surface area (Å²) in [7, 11) is 0. The lowest BCUT2D eigenvalue weighted by Crippen LogP contribution is -2.47. The summed E-state index contributed by atoms with van der Waals surface area (Å²) in [5.41, 5.74) is 1.20. The predicted molar refractivity (Wildman–Crippen MR) is 98.5 cm³/mol. The van der Waals surface area contributed by atoms with Gasteiger partial charge in [0.1, 0.15) is 0 Å². The van der Waals surface area contributed by atoms with Crippen molar-refractivity contribution in [3.63, 3.8) is 0 Å². The van der Waals surface area contributed by atoms with Gasteiger partial charge < -0.3 is 14.2 Å². The van der Waals surface area contributed by atoms with E-state index in [1.807, 2.05) is 0 Å². The van der Waals surface area contributed by atoms with Crippen LogP contribution in [-0.4, -0.2) is 65.7 Å². The zero-order chi connectivity index (χ0) is 17.2. The minimum Gasteiger partial charge on any atom is -0.379 e. The van der Waals surface area contributed by atoms with Gasteiger partial charge in [-0.3, -0.25) is 9.69 Å². The van der Waals surface area contributed by atoms with Gasteiger partial charge in [0, 0.05) is 56.9 Å². The number of aromatic nitrogens is 1. The molecule has 1 aromatic heterocycles. The number of carbonyl (C=O) groups is 1. The van der Waals surface area contributed by atoms with E-state index < -0.39 is 0 Å². The maximum absolute atomic E-state index is 12.7. The standard InChI is InChI=1S/C20H27N3O2/c1-16-14-23(15-19(16)22-10-12-25-13-11-22)20(24)7-9-21-8-6-17-4-2-3-5-18(17)21/h2-6,8,16,19H,7,9-15H2,1H3/t16-,19+/m0/s1. The number of aryl methyl sites for hydroxylation is 1. The van der Waals surface area contributed by atoms with Gasteiger partial charge >= 0.3 is 0 Å². The number of rotatable bonds is 4. The molecular weight excluding hydrogens is 314 g/mol. The van der Waals surface area contributed by atoms with Crippen molar-refractivity contribution >= 4 is 16.8 Å². The van der Waals surface area contributed by atoms with Crippen LogP contribution in [0.5, 0.6) is 0 Å². The van der Waals surface area contributed by atoms with E-state index in [2.05, 4.69) is 57.8 Å². The lowest BCUT2D eigenvalue weighted by atomic mass is 10.0. The topological polar surface area (TPSA) is 37.7 Å². The molecule has 2 aliphatic heterocycles. The number of morpholine rings is 1. The fourth-order valence-corrected chi connectivity index (χ4v) is 4.25. The first-order chi connectivity index (χ1) is 12.2. The van der Waals surface area contributed by atoms with Crippen molar-refractivity contribution in [1.29, 1.82) is 0 Å². The molecule has 2 aliphatic rings. The number of ether oxygens (including phenoxy) is 1. The molecule has 1 amide bonds. The second-order valence-electron chi connectivity index (χ2n) is 7.31. The number of hydrogen-bond acceptors (Lipinski definition) is 3. The molecule has 0 bridgehead atoms. The van der Waals surface area contributed by atoms with E-state index in [9.17, 15) is 4.79 Å². The number of fused-ring (bicyclic) bond motifs is 1. The van der Waals surface area contributed by atoms with Crippen LogP contribution in [0.2, 0.25) is 0 Å². The molecule has 0 N–H and O–H groups in total. The van der Waals surface area contributed by atoms with Crippen molar-refractivity contribution in [2.24, 2.45) is 5.92 Å². The normalized spacial score (nSPS) is 24.9. The zero-order valence-corrected chi connectivity index (χ0v) is 14.9. The third kappa shape index (κ3) is 3.44. The van der Waals surface area contributed by atoms with E-state index in [0.717, 1.165) is 45.9 Å². The summed E-state index contributed by atoms with van der Waals surface area (Å²) in [4.78, 5) is 17.3. The summed E-state index contributed by atoms with van der Waals surface area (Å²) < 4.78 is 7.65. The Balaban J connectivity index is 1.35. The van der Waals surface area contributed by atoms with E-state index in [4.69, 9.17) is 4.74 Å². The van der Waals surface area contributed by atoms with E-state index in [-0.39, 0.29) is 5.91 Å². The van der Waals surface area contributed by atoms with Crippen LogP contribution in [0.3, 0.4) is 0 Å². The highest BCUT2D eigenvalue weighted by Gasteiger charge is 2.36. The minimum atomic E-state index is 0.278. The Hall–Kier alpha value is -1.85. The molecule has 5 nitrogen and oxygen atoms in total. The van der Waals surface area contributed by atoms with Gasteiger partial charge in [0.2, 0.25) is 5.91 Å². The van der Waals surface area contributed by atoms with Gasteiger partial charge in [0.05, 0.1) is 13.2 Å². The smallest absolute Gasteiger partial charge is 0.224 e. The Labute approximate surface area is 149 Å². The summed E-state index contributed by atoms with van der Waals surface area (Å²) in [6.07, 6.45) is 2.66. The molecule has 5 heteroatoms. The summed E-state index contributed by atoms with van der Waals surface area (Å²) in [5.74, 6) is 0.815. The van der Waals surface area contributed by atoms with Crippen molar-refractivity contribution in [2.75, 3.05) is 39.4 Å². The molecule has 0 spiro atoms. The van der Waals surface area contributed by atoms with Crippen molar-refractivity contribution < 1.29 is 9.53 Å². The predicted octanol–water partition coefficient (Wildman–Crippen LogP) is 2.21. The molecule has 0 saturated carbocycles. The highest BCUT2D eigenvalue weighted by Crippen LogP contribution is 2.23. The van der Waals surface area contributed by atoms with Crippen LogP contribution in [0.1, 0.15) is 13.3 Å². The molecule has 3 heterocycles. The van der Waals surface area contributed by atoms with Crippen LogP contribution < -0.4 is 0 Å². The lowest BCUT2D eigenvalue weighted by molar-refractivity contribution is -0.130. The third-order valence-corrected chi connectivity index (χ3v) is 5.69. The fourth-order valence-electron chi connectivity index (χ4n) is 4.25. The molecular formula is C20H27N3O2. The van der Waals surface area contributed by atoms with Crippen molar-refractivity contribution in [3.05, 3.63) is 36.5 Å². The Bertz CT molecular complexity index is 735. The first kappa shape index (κ1) is 16.6. The van der Waals surface area contributed by atoms with Crippen molar-refractivity contribution in [1.82, 2.24) is 14.4 Å².